The number of pyridine rings is 2. The van der Waals surface area contributed by atoms with Crippen molar-refractivity contribution in [1.29, 1.82) is 0 Å². The third-order valence-electron chi connectivity index (χ3n) is 7.77. The Morgan fingerprint density at radius 1 is 0.941 bits per heavy atom. The summed E-state index contributed by atoms with van der Waals surface area (Å²) in [6.07, 6.45) is 5.43. The van der Waals surface area contributed by atoms with Crippen LogP contribution in [0.25, 0.3) is 10.9 Å². The van der Waals surface area contributed by atoms with Gasteiger partial charge in [0.2, 0.25) is 0 Å². The first kappa shape index (κ1) is 21.1. The summed E-state index contributed by atoms with van der Waals surface area (Å²) in [5.74, 6) is 0.244. The lowest BCUT2D eigenvalue weighted by Gasteiger charge is -2.36. The van der Waals surface area contributed by atoms with Crippen molar-refractivity contribution in [1.82, 2.24) is 19.8 Å². The van der Waals surface area contributed by atoms with Crippen molar-refractivity contribution in [3.05, 3.63) is 95.4 Å². The molecule has 170 valence electrons. The lowest BCUT2D eigenvalue weighted by Crippen LogP contribution is -2.55. The minimum atomic E-state index is -0.494. The number of piperidine rings is 1. The molecular formula is C29H29N4O+. The van der Waals surface area contributed by atoms with Crippen molar-refractivity contribution in [3.63, 3.8) is 0 Å². The number of aryl methyl sites for hydroxylation is 2. The zero-order chi connectivity index (χ0) is 23.3. The number of quaternary nitrogens is 1. The van der Waals surface area contributed by atoms with Crippen molar-refractivity contribution < 1.29 is 4.79 Å². The zero-order valence-corrected chi connectivity index (χ0v) is 19.7. The van der Waals surface area contributed by atoms with Gasteiger partial charge >= 0.3 is 5.91 Å². The van der Waals surface area contributed by atoms with Crippen LogP contribution in [0.4, 0.5) is 11.4 Å². The summed E-state index contributed by atoms with van der Waals surface area (Å²) < 4.78 is 0.130. The van der Waals surface area contributed by atoms with Crippen LogP contribution in [0.3, 0.4) is 0 Å². The highest BCUT2D eigenvalue weighted by atomic mass is 16.2. The summed E-state index contributed by atoms with van der Waals surface area (Å²) in [5, 5.41) is 4.50. The Balaban J connectivity index is 1.64. The number of carbonyl (C=O) groups is 1. The second kappa shape index (κ2) is 7.83. The molecule has 2 aliphatic heterocycles. The highest BCUT2D eigenvalue weighted by molar-refractivity contribution is 6.09. The molecule has 1 saturated heterocycles. The Morgan fingerprint density at radius 3 is 2.53 bits per heavy atom. The molecule has 5 nitrogen and oxygen atoms in total. The number of benzene rings is 2. The monoisotopic (exact) mass is 449 g/mol. The number of fused-ring (bicyclic) bond motifs is 3. The highest BCUT2D eigenvalue weighted by Crippen LogP contribution is 2.55. The van der Waals surface area contributed by atoms with Gasteiger partial charge in [-0.2, -0.15) is 4.48 Å². The van der Waals surface area contributed by atoms with E-state index in [4.69, 9.17) is 9.97 Å². The molecule has 2 aromatic carbocycles. The van der Waals surface area contributed by atoms with E-state index in [-0.39, 0.29) is 10.4 Å². The third kappa shape index (κ3) is 2.97. The maximum Gasteiger partial charge on any atom is 0.335 e. The molecule has 0 radical (unpaired) electrons. The predicted molar refractivity (Wildman–Crippen MR) is 136 cm³/mol. The van der Waals surface area contributed by atoms with Crippen LogP contribution in [-0.4, -0.2) is 29.0 Å². The summed E-state index contributed by atoms with van der Waals surface area (Å²) in [6.45, 7) is 6.33. The van der Waals surface area contributed by atoms with Gasteiger partial charge in [0.1, 0.15) is 17.6 Å². The summed E-state index contributed by atoms with van der Waals surface area (Å²) in [4.78, 5) is 24.5. The third-order valence-corrected chi connectivity index (χ3v) is 7.77. The lowest BCUT2D eigenvalue weighted by molar-refractivity contribution is -0.133. The molecule has 1 atom stereocenters. The van der Waals surface area contributed by atoms with E-state index in [0.29, 0.717) is 6.54 Å². The normalized spacial score (nSPS) is 21.2. The van der Waals surface area contributed by atoms with Crippen molar-refractivity contribution in [2.75, 3.05) is 13.1 Å². The average molecular weight is 450 g/mol. The molecule has 5 heteroatoms. The van der Waals surface area contributed by atoms with Gasteiger partial charge in [-0.25, -0.2) is 4.79 Å². The maximum absolute atomic E-state index is 14.9. The standard InChI is InChI=1S/C29H29N4O/c1-20-15-21(2)26(31-17-20)19-33(23-16-22-7-3-5-9-25(22)32-18-23)27-10-6-4-8-24(27)29(28(33)34)11-13-30-14-12-29/h3-10,15-18,30H,11-14,19H2,1-2H3/q+1. The fourth-order valence-corrected chi connectivity index (χ4v) is 6.04. The number of amides is 1. The second-order valence-electron chi connectivity index (χ2n) is 9.78. The van der Waals surface area contributed by atoms with Gasteiger partial charge in [0.25, 0.3) is 0 Å². The summed E-state index contributed by atoms with van der Waals surface area (Å²) in [6, 6.07) is 20.9. The van der Waals surface area contributed by atoms with E-state index in [1.807, 2.05) is 30.6 Å². The molecule has 2 aliphatic rings. The number of aromatic nitrogens is 2. The summed E-state index contributed by atoms with van der Waals surface area (Å²) in [5.41, 5.74) is 6.77. The van der Waals surface area contributed by atoms with Gasteiger partial charge in [-0.3, -0.25) is 9.97 Å². The first-order valence-electron chi connectivity index (χ1n) is 12.1. The van der Waals surface area contributed by atoms with Gasteiger partial charge in [-0.15, -0.1) is 0 Å². The summed E-state index contributed by atoms with van der Waals surface area (Å²) >= 11 is 0. The minimum absolute atomic E-state index is 0.130. The van der Waals surface area contributed by atoms with Gasteiger partial charge < -0.3 is 5.32 Å². The number of hydrogen-bond acceptors (Lipinski definition) is 4. The molecule has 34 heavy (non-hydrogen) atoms. The van der Waals surface area contributed by atoms with Crippen molar-refractivity contribution >= 4 is 28.2 Å². The molecule has 1 spiro atoms. The number of carbonyl (C=O) groups excluding carboxylic acids is 1. The zero-order valence-electron chi connectivity index (χ0n) is 19.7. The Labute approximate surface area is 200 Å². The largest absolute Gasteiger partial charge is 0.335 e. The van der Waals surface area contributed by atoms with Crippen molar-refractivity contribution in [2.45, 2.75) is 38.6 Å². The van der Waals surface area contributed by atoms with Crippen LogP contribution in [0.15, 0.2) is 73.1 Å². The van der Waals surface area contributed by atoms with Crippen LogP contribution in [-0.2, 0) is 16.8 Å². The second-order valence-corrected chi connectivity index (χ2v) is 9.78. The molecular weight excluding hydrogens is 420 g/mol. The molecule has 0 aliphatic carbocycles. The van der Waals surface area contributed by atoms with Crippen molar-refractivity contribution in [3.8, 4) is 0 Å². The van der Waals surface area contributed by atoms with Crippen LogP contribution in [0.1, 0.15) is 35.2 Å². The van der Waals surface area contributed by atoms with Gasteiger partial charge in [-0.05, 0) is 57.0 Å². The van der Waals surface area contributed by atoms with E-state index in [1.165, 1.54) is 5.56 Å². The molecule has 4 aromatic rings. The molecule has 2 aromatic heterocycles. The average Bonchev–Trinajstić information content (AvgIpc) is 3.06. The quantitative estimate of drug-likeness (QED) is 0.434. The lowest BCUT2D eigenvalue weighted by atomic mass is 9.74. The van der Waals surface area contributed by atoms with E-state index >= 15 is 0 Å². The fourth-order valence-electron chi connectivity index (χ4n) is 6.04. The topological polar surface area (TPSA) is 54.9 Å². The molecule has 1 fully saturated rings. The smallest absolute Gasteiger partial charge is 0.317 e. The number of hydrogen-bond donors (Lipinski definition) is 1. The van der Waals surface area contributed by atoms with Crippen LogP contribution >= 0.6 is 0 Å². The molecule has 1 amide bonds. The van der Waals surface area contributed by atoms with E-state index < -0.39 is 5.41 Å². The molecule has 6 rings (SSSR count). The minimum Gasteiger partial charge on any atom is -0.317 e. The fraction of sp³-hybridized carbons (Fsp3) is 0.276. The van der Waals surface area contributed by atoms with Gasteiger partial charge in [0, 0.05) is 29.3 Å². The first-order chi connectivity index (χ1) is 16.5. The number of para-hydroxylation sites is 2. The van der Waals surface area contributed by atoms with Crippen LogP contribution in [0.2, 0.25) is 0 Å². The van der Waals surface area contributed by atoms with E-state index in [9.17, 15) is 4.79 Å². The predicted octanol–water partition coefficient (Wildman–Crippen LogP) is 5.25. The molecule has 1 unspecified atom stereocenters. The molecule has 0 bridgehead atoms. The number of nitrogens with zero attached hydrogens (tertiary/aromatic N) is 3. The van der Waals surface area contributed by atoms with Gasteiger partial charge in [-0.1, -0.05) is 42.5 Å². The van der Waals surface area contributed by atoms with Crippen LogP contribution in [0, 0.1) is 13.8 Å². The van der Waals surface area contributed by atoms with E-state index in [2.05, 4.69) is 61.6 Å². The van der Waals surface area contributed by atoms with E-state index in [0.717, 1.165) is 65.0 Å². The Morgan fingerprint density at radius 2 is 1.71 bits per heavy atom. The maximum atomic E-state index is 14.9. The Hall–Kier alpha value is -3.41. The van der Waals surface area contributed by atoms with E-state index in [1.54, 1.807) is 0 Å². The Kier molecular flexibility index (Phi) is 4.87. The molecule has 4 heterocycles. The van der Waals surface area contributed by atoms with Crippen LogP contribution < -0.4 is 9.80 Å². The first-order valence-corrected chi connectivity index (χ1v) is 12.1. The Bertz CT molecular complexity index is 1420. The number of nitrogens with one attached hydrogen (secondary N) is 1. The summed E-state index contributed by atoms with van der Waals surface area (Å²) in [7, 11) is 0. The van der Waals surface area contributed by atoms with Crippen molar-refractivity contribution in [2.24, 2.45) is 0 Å². The molecule has 0 saturated carbocycles. The molecule has 1 N–H and O–H groups in total. The van der Waals surface area contributed by atoms with Gasteiger partial charge in [0.05, 0.1) is 17.4 Å². The van der Waals surface area contributed by atoms with Gasteiger partial charge in [0.15, 0.2) is 5.69 Å². The number of rotatable bonds is 3. The SMILES string of the molecule is Cc1cnc(C[N+]2(c3cnc4ccccc4c3)C(=O)C3(CCNCC3)c3ccccc32)c(C)c1. The highest BCUT2D eigenvalue weighted by Gasteiger charge is 2.63. The van der Waals surface area contributed by atoms with Crippen LogP contribution in [0.5, 0.6) is 0 Å².